The number of aryl methyl sites for hydroxylation is 1. The molecule has 0 saturated carbocycles. The number of aromatic nitrogens is 2. The first-order chi connectivity index (χ1) is 15.9. The quantitative estimate of drug-likeness (QED) is 0.583. The number of fused-ring (bicyclic) bond motifs is 1. The molecular formula is C23H27N5O5. The largest absolute Gasteiger partial charge is 0.483 e. The van der Waals surface area contributed by atoms with Gasteiger partial charge in [0.05, 0.1) is 29.4 Å². The van der Waals surface area contributed by atoms with Crippen LogP contribution in [-0.4, -0.2) is 69.6 Å². The second kappa shape index (κ2) is 9.14. The Morgan fingerprint density at radius 2 is 2.00 bits per heavy atom. The molecule has 174 valence electrons. The summed E-state index contributed by atoms with van der Waals surface area (Å²) in [6.07, 6.45) is 5.18. The fourth-order valence-corrected chi connectivity index (χ4v) is 5.25. The predicted molar refractivity (Wildman–Crippen MR) is 118 cm³/mol. The summed E-state index contributed by atoms with van der Waals surface area (Å²) in [5.74, 6) is 0.636. The molecule has 2 aromatic heterocycles. The van der Waals surface area contributed by atoms with Crippen LogP contribution in [0.2, 0.25) is 0 Å². The van der Waals surface area contributed by atoms with Gasteiger partial charge in [0.2, 0.25) is 0 Å². The van der Waals surface area contributed by atoms with Crippen LogP contribution in [0.15, 0.2) is 36.7 Å². The molecule has 4 N–H and O–H groups in total. The molecule has 0 radical (unpaired) electrons. The van der Waals surface area contributed by atoms with Gasteiger partial charge in [0.1, 0.15) is 5.82 Å². The first-order valence-electron chi connectivity index (χ1n) is 10.8. The van der Waals surface area contributed by atoms with Crippen molar-refractivity contribution in [2.75, 3.05) is 25.4 Å². The summed E-state index contributed by atoms with van der Waals surface area (Å²) in [5, 5.41) is 9.94. The van der Waals surface area contributed by atoms with Crippen LogP contribution in [0.3, 0.4) is 0 Å². The number of carbonyl (C=O) groups excluding carboxylic acids is 2. The molecule has 5 rings (SSSR count). The number of anilines is 1. The van der Waals surface area contributed by atoms with Gasteiger partial charge in [-0.05, 0) is 44.0 Å². The van der Waals surface area contributed by atoms with Crippen molar-refractivity contribution < 1.29 is 24.2 Å². The molecule has 2 bridgehead atoms. The Bertz CT molecular complexity index is 1030. The zero-order chi connectivity index (χ0) is 23.6. The molecule has 3 saturated heterocycles. The van der Waals surface area contributed by atoms with E-state index in [9.17, 15) is 9.59 Å². The van der Waals surface area contributed by atoms with Crippen molar-refractivity contribution in [1.82, 2.24) is 20.2 Å². The van der Waals surface area contributed by atoms with Gasteiger partial charge in [-0.2, -0.15) is 0 Å². The summed E-state index contributed by atoms with van der Waals surface area (Å²) in [5.41, 5.74) is 7.31. The highest BCUT2D eigenvalue weighted by molar-refractivity contribution is 5.94. The van der Waals surface area contributed by atoms with Gasteiger partial charge in [0.25, 0.3) is 18.3 Å². The van der Waals surface area contributed by atoms with E-state index in [4.69, 9.17) is 20.4 Å². The number of pyridine rings is 2. The Hall–Kier alpha value is -3.53. The third-order valence-electron chi connectivity index (χ3n) is 6.78. The fraction of sp³-hybridized carbons (Fsp3) is 0.435. The van der Waals surface area contributed by atoms with E-state index < -0.39 is 0 Å². The first kappa shape index (κ1) is 22.7. The molecule has 3 aliphatic rings. The monoisotopic (exact) mass is 453 g/mol. The van der Waals surface area contributed by atoms with Crippen molar-refractivity contribution in [2.24, 2.45) is 11.8 Å². The van der Waals surface area contributed by atoms with E-state index in [0.29, 0.717) is 36.6 Å². The summed E-state index contributed by atoms with van der Waals surface area (Å²) in [4.78, 5) is 43.9. The van der Waals surface area contributed by atoms with E-state index in [2.05, 4.69) is 15.3 Å². The molecule has 4 atom stereocenters. The van der Waals surface area contributed by atoms with Gasteiger partial charge in [-0.25, -0.2) is 4.98 Å². The highest BCUT2D eigenvalue weighted by Gasteiger charge is 2.63. The van der Waals surface area contributed by atoms with Crippen molar-refractivity contribution in [2.45, 2.75) is 31.5 Å². The zero-order valence-electron chi connectivity index (χ0n) is 18.3. The number of ether oxygens (including phenoxy) is 1. The van der Waals surface area contributed by atoms with Crippen LogP contribution < -0.4 is 11.1 Å². The van der Waals surface area contributed by atoms with Gasteiger partial charge in [0.15, 0.2) is 0 Å². The number of carboxylic acid groups (broad SMARTS) is 1. The predicted octanol–water partition coefficient (Wildman–Crippen LogP) is 1.12. The van der Waals surface area contributed by atoms with Crippen molar-refractivity contribution in [1.29, 1.82) is 0 Å². The molecule has 3 fully saturated rings. The van der Waals surface area contributed by atoms with Crippen molar-refractivity contribution in [3.63, 3.8) is 0 Å². The van der Waals surface area contributed by atoms with E-state index >= 15 is 0 Å². The molecule has 0 unspecified atom stereocenters. The van der Waals surface area contributed by atoms with E-state index in [-0.39, 0.29) is 41.8 Å². The van der Waals surface area contributed by atoms with Crippen LogP contribution in [-0.2, 0) is 9.53 Å². The standard InChI is InChI=1S/C22H25N5O3.CH2O2/c1-13-2-3-14(8-24-13)20(28)26-10-16-17-11-27(12-22(17)7-6-18(16)30-22)21(29)15-4-5-19(23)25-9-15;2-1-3/h2-5,8-9,16-18H,6-7,10-12H2,1H3,(H2,23,25)(H,26,28);1H,(H,2,3)/t16-,17+,18+,22+;/m0./s1. The Kier molecular flexibility index (Phi) is 6.28. The molecule has 5 heterocycles. The highest BCUT2D eigenvalue weighted by Crippen LogP contribution is 2.54. The van der Waals surface area contributed by atoms with Crippen LogP contribution in [0.4, 0.5) is 5.82 Å². The number of amides is 2. The lowest BCUT2D eigenvalue weighted by Crippen LogP contribution is -2.41. The topological polar surface area (TPSA) is 148 Å². The average molecular weight is 453 g/mol. The summed E-state index contributed by atoms with van der Waals surface area (Å²) >= 11 is 0. The third kappa shape index (κ3) is 4.38. The minimum absolute atomic E-state index is 0.0492. The summed E-state index contributed by atoms with van der Waals surface area (Å²) in [7, 11) is 0. The Morgan fingerprint density at radius 1 is 1.27 bits per heavy atom. The first-order valence-corrected chi connectivity index (χ1v) is 10.8. The number of nitrogens with one attached hydrogen (secondary N) is 1. The average Bonchev–Trinajstić information content (AvgIpc) is 3.47. The molecular weight excluding hydrogens is 426 g/mol. The molecule has 0 aliphatic carbocycles. The van der Waals surface area contributed by atoms with Crippen LogP contribution in [0.1, 0.15) is 39.3 Å². The molecule has 3 aliphatic heterocycles. The van der Waals surface area contributed by atoms with E-state index in [0.717, 1.165) is 18.5 Å². The van der Waals surface area contributed by atoms with Crippen LogP contribution >= 0.6 is 0 Å². The summed E-state index contributed by atoms with van der Waals surface area (Å²) < 4.78 is 6.39. The maximum absolute atomic E-state index is 13.0. The number of nitrogens with two attached hydrogens (primary N) is 1. The lowest BCUT2D eigenvalue weighted by molar-refractivity contribution is -0.122. The number of carbonyl (C=O) groups is 3. The van der Waals surface area contributed by atoms with Gasteiger partial charge < -0.3 is 25.8 Å². The Morgan fingerprint density at radius 3 is 2.67 bits per heavy atom. The van der Waals surface area contributed by atoms with Gasteiger partial charge in [-0.3, -0.25) is 19.4 Å². The lowest BCUT2D eigenvalue weighted by Gasteiger charge is -2.29. The fourth-order valence-electron chi connectivity index (χ4n) is 5.25. The van der Waals surface area contributed by atoms with E-state index in [1.165, 1.54) is 6.20 Å². The van der Waals surface area contributed by atoms with Gasteiger partial charge in [0, 0.05) is 43.0 Å². The van der Waals surface area contributed by atoms with Gasteiger partial charge in [-0.1, -0.05) is 0 Å². The summed E-state index contributed by atoms with van der Waals surface area (Å²) in [6.45, 7) is 3.40. The Labute approximate surface area is 191 Å². The zero-order valence-corrected chi connectivity index (χ0v) is 18.3. The number of likely N-dealkylation sites (tertiary alicyclic amines) is 1. The van der Waals surface area contributed by atoms with Crippen molar-refractivity contribution >= 4 is 24.1 Å². The normalized spacial score (nSPS) is 26.8. The SMILES string of the molecule is Cc1ccc(C(=O)NC[C@H]2[C@H]3CN(C(=O)c4ccc(N)nc4)C[C@]34CC[C@H]2O4)cn1.O=CO. The number of hydrogen-bond acceptors (Lipinski definition) is 7. The molecule has 2 amide bonds. The third-order valence-corrected chi connectivity index (χ3v) is 6.78. The van der Waals surface area contributed by atoms with Gasteiger partial charge >= 0.3 is 0 Å². The highest BCUT2D eigenvalue weighted by atomic mass is 16.5. The molecule has 1 spiro atoms. The smallest absolute Gasteiger partial charge is 0.290 e. The van der Waals surface area contributed by atoms with Gasteiger partial charge in [-0.15, -0.1) is 0 Å². The van der Waals surface area contributed by atoms with E-state index in [1.807, 2.05) is 17.9 Å². The maximum Gasteiger partial charge on any atom is 0.290 e. The maximum atomic E-state index is 13.0. The molecule has 2 aromatic rings. The molecule has 10 nitrogen and oxygen atoms in total. The summed E-state index contributed by atoms with van der Waals surface area (Å²) in [6, 6.07) is 6.97. The van der Waals surface area contributed by atoms with E-state index in [1.54, 1.807) is 24.4 Å². The van der Waals surface area contributed by atoms with Crippen LogP contribution in [0.5, 0.6) is 0 Å². The van der Waals surface area contributed by atoms with Crippen LogP contribution in [0, 0.1) is 18.8 Å². The van der Waals surface area contributed by atoms with Crippen LogP contribution in [0.25, 0.3) is 0 Å². The minimum atomic E-state index is -0.289. The van der Waals surface area contributed by atoms with Crippen molar-refractivity contribution in [3.05, 3.63) is 53.5 Å². The Balaban J connectivity index is 0.000000821. The lowest BCUT2D eigenvalue weighted by atomic mass is 9.73. The molecule has 0 aromatic carbocycles. The number of hydrogen-bond donors (Lipinski definition) is 3. The van der Waals surface area contributed by atoms with Crippen molar-refractivity contribution in [3.8, 4) is 0 Å². The molecule has 10 heteroatoms. The second-order valence-corrected chi connectivity index (χ2v) is 8.69. The minimum Gasteiger partial charge on any atom is -0.483 e. The molecule has 33 heavy (non-hydrogen) atoms. The number of nitrogen functional groups attached to an aromatic ring is 1. The second-order valence-electron chi connectivity index (χ2n) is 8.69. The number of rotatable bonds is 4. The number of nitrogens with zero attached hydrogens (tertiary/aromatic N) is 3.